The molecule has 1 aliphatic carbocycles. The van der Waals surface area contributed by atoms with Gasteiger partial charge in [0.2, 0.25) is 0 Å². The fraction of sp³-hybridized carbons (Fsp3) is 0.846. The van der Waals surface area contributed by atoms with Crippen LogP contribution in [0.2, 0.25) is 0 Å². The third-order valence-electron chi connectivity index (χ3n) is 3.77. The Balaban J connectivity index is 2.53. The molecular formula is C13H25N3O2. The highest BCUT2D eigenvalue weighted by atomic mass is 16.4. The summed E-state index contributed by atoms with van der Waals surface area (Å²) < 4.78 is 0. The van der Waals surface area contributed by atoms with Crippen molar-refractivity contribution in [1.29, 1.82) is 5.41 Å². The standard InChI is InChI=1S/C13H25N3O2/c1-13(2,3)16(12(17)18)8-9-4-6-10(7-5-9)11(14)15/h9-10H,4-8H2,1-3H3,(H3,14,15)(H,17,18). The number of rotatable bonds is 3. The third-order valence-corrected chi connectivity index (χ3v) is 3.77. The molecule has 1 amide bonds. The van der Waals surface area contributed by atoms with Crippen molar-refractivity contribution in [1.82, 2.24) is 4.90 Å². The van der Waals surface area contributed by atoms with Gasteiger partial charge in [0.25, 0.3) is 0 Å². The van der Waals surface area contributed by atoms with Crippen molar-refractivity contribution in [2.45, 2.75) is 52.0 Å². The highest BCUT2D eigenvalue weighted by Crippen LogP contribution is 2.30. The van der Waals surface area contributed by atoms with Gasteiger partial charge in [-0.15, -0.1) is 0 Å². The Morgan fingerprint density at radius 3 is 2.17 bits per heavy atom. The Kier molecular flexibility index (Phi) is 4.59. The van der Waals surface area contributed by atoms with Gasteiger partial charge in [0.1, 0.15) is 0 Å². The highest BCUT2D eigenvalue weighted by Gasteiger charge is 2.31. The van der Waals surface area contributed by atoms with Crippen LogP contribution >= 0.6 is 0 Å². The molecule has 1 rings (SSSR count). The van der Waals surface area contributed by atoms with Crippen LogP contribution in [0, 0.1) is 17.2 Å². The molecule has 1 saturated carbocycles. The maximum absolute atomic E-state index is 11.3. The first kappa shape index (κ1) is 14.8. The van der Waals surface area contributed by atoms with Crippen LogP contribution in [0.4, 0.5) is 4.79 Å². The summed E-state index contributed by atoms with van der Waals surface area (Å²) in [5.41, 5.74) is 5.15. The van der Waals surface area contributed by atoms with E-state index in [2.05, 4.69) is 0 Å². The first-order valence-electron chi connectivity index (χ1n) is 6.56. The molecule has 18 heavy (non-hydrogen) atoms. The van der Waals surface area contributed by atoms with Gasteiger partial charge in [-0.2, -0.15) is 0 Å². The number of nitrogens with two attached hydrogens (primary N) is 1. The van der Waals surface area contributed by atoms with Crippen molar-refractivity contribution >= 4 is 11.9 Å². The molecule has 0 aromatic rings. The molecule has 0 spiro atoms. The van der Waals surface area contributed by atoms with Gasteiger partial charge in [0.05, 0.1) is 5.84 Å². The Hall–Kier alpha value is -1.26. The zero-order valence-corrected chi connectivity index (χ0v) is 11.6. The SMILES string of the molecule is CC(C)(C)N(CC1CCC(C(=N)N)CC1)C(=O)O. The summed E-state index contributed by atoms with van der Waals surface area (Å²) in [5, 5.41) is 16.7. The van der Waals surface area contributed by atoms with Gasteiger partial charge >= 0.3 is 6.09 Å². The van der Waals surface area contributed by atoms with Crippen LogP contribution in [-0.2, 0) is 0 Å². The van der Waals surface area contributed by atoms with E-state index in [4.69, 9.17) is 11.1 Å². The minimum atomic E-state index is -0.851. The highest BCUT2D eigenvalue weighted by molar-refractivity contribution is 5.79. The number of nitrogens with one attached hydrogen (secondary N) is 1. The van der Waals surface area contributed by atoms with Crippen molar-refractivity contribution in [2.75, 3.05) is 6.54 Å². The lowest BCUT2D eigenvalue weighted by Gasteiger charge is -2.38. The molecule has 0 radical (unpaired) electrons. The molecular weight excluding hydrogens is 230 g/mol. The lowest BCUT2D eigenvalue weighted by molar-refractivity contribution is 0.0817. The van der Waals surface area contributed by atoms with E-state index in [1.54, 1.807) is 0 Å². The lowest BCUT2D eigenvalue weighted by atomic mass is 9.81. The second-order valence-corrected chi connectivity index (χ2v) is 6.24. The van der Waals surface area contributed by atoms with Crippen LogP contribution in [0.5, 0.6) is 0 Å². The zero-order chi connectivity index (χ0) is 13.9. The van der Waals surface area contributed by atoms with E-state index >= 15 is 0 Å². The molecule has 1 fully saturated rings. The maximum Gasteiger partial charge on any atom is 0.407 e. The van der Waals surface area contributed by atoms with Crippen LogP contribution in [0.1, 0.15) is 46.5 Å². The summed E-state index contributed by atoms with van der Waals surface area (Å²) in [6, 6.07) is 0. The van der Waals surface area contributed by atoms with E-state index < -0.39 is 6.09 Å². The number of hydrogen-bond donors (Lipinski definition) is 3. The van der Waals surface area contributed by atoms with E-state index in [1.165, 1.54) is 4.90 Å². The van der Waals surface area contributed by atoms with Crippen molar-refractivity contribution in [3.8, 4) is 0 Å². The van der Waals surface area contributed by atoms with E-state index in [0.29, 0.717) is 12.5 Å². The van der Waals surface area contributed by atoms with E-state index in [-0.39, 0.29) is 17.3 Å². The molecule has 0 aromatic heterocycles. The van der Waals surface area contributed by atoms with Gasteiger partial charge in [-0.25, -0.2) is 4.79 Å². The average molecular weight is 255 g/mol. The summed E-state index contributed by atoms with van der Waals surface area (Å²) in [5.74, 6) is 0.879. The monoisotopic (exact) mass is 255 g/mol. The van der Waals surface area contributed by atoms with Crippen LogP contribution in [-0.4, -0.2) is 34.0 Å². The number of carboxylic acid groups (broad SMARTS) is 1. The van der Waals surface area contributed by atoms with Crippen LogP contribution in [0.25, 0.3) is 0 Å². The molecule has 0 heterocycles. The van der Waals surface area contributed by atoms with Gasteiger partial charge in [0.15, 0.2) is 0 Å². The second kappa shape index (κ2) is 5.59. The smallest absolute Gasteiger partial charge is 0.407 e. The summed E-state index contributed by atoms with van der Waals surface area (Å²) in [6.45, 7) is 6.34. The molecule has 5 heteroatoms. The van der Waals surface area contributed by atoms with Gasteiger partial charge < -0.3 is 15.7 Å². The van der Waals surface area contributed by atoms with Gasteiger partial charge in [-0.3, -0.25) is 5.41 Å². The predicted molar refractivity (Wildman–Crippen MR) is 71.8 cm³/mol. The molecule has 0 saturated heterocycles. The fourth-order valence-corrected chi connectivity index (χ4v) is 2.55. The molecule has 104 valence electrons. The average Bonchev–Trinajstić information content (AvgIpc) is 2.24. The summed E-state index contributed by atoms with van der Waals surface area (Å²) >= 11 is 0. The van der Waals surface area contributed by atoms with Crippen molar-refractivity contribution in [2.24, 2.45) is 17.6 Å². The van der Waals surface area contributed by atoms with Gasteiger partial charge in [0, 0.05) is 18.0 Å². The first-order valence-corrected chi connectivity index (χ1v) is 6.56. The largest absolute Gasteiger partial charge is 0.465 e. The third kappa shape index (κ3) is 3.89. The zero-order valence-electron chi connectivity index (χ0n) is 11.6. The minimum absolute atomic E-state index is 0.203. The Labute approximate surface area is 109 Å². The van der Waals surface area contributed by atoms with Crippen LogP contribution in [0.15, 0.2) is 0 Å². The van der Waals surface area contributed by atoms with Gasteiger partial charge in [-0.1, -0.05) is 0 Å². The quantitative estimate of drug-likeness (QED) is 0.534. The number of amidine groups is 1. The summed E-state index contributed by atoms with van der Waals surface area (Å²) in [4.78, 5) is 12.8. The summed E-state index contributed by atoms with van der Waals surface area (Å²) in [7, 11) is 0. The lowest BCUT2D eigenvalue weighted by Crippen LogP contribution is -2.47. The number of hydrogen-bond acceptors (Lipinski definition) is 2. The van der Waals surface area contributed by atoms with Crippen molar-refractivity contribution < 1.29 is 9.90 Å². The van der Waals surface area contributed by atoms with E-state index in [9.17, 15) is 9.90 Å². The minimum Gasteiger partial charge on any atom is -0.465 e. The number of carbonyl (C=O) groups is 1. The molecule has 0 atom stereocenters. The van der Waals surface area contributed by atoms with E-state index in [1.807, 2.05) is 20.8 Å². The molecule has 0 aliphatic heterocycles. The summed E-state index contributed by atoms with van der Waals surface area (Å²) in [6.07, 6.45) is 2.90. The van der Waals surface area contributed by atoms with Crippen LogP contribution in [0.3, 0.4) is 0 Å². The molecule has 0 unspecified atom stereocenters. The maximum atomic E-state index is 11.3. The molecule has 0 bridgehead atoms. The molecule has 5 nitrogen and oxygen atoms in total. The Morgan fingerprint density at radius 1 is 1.33 bits per heavy atom. The second-order valence-electron chi connectivity index (χ2n) is 6.24. The molecule has 0 aromatic carbocycles. The predicted octanol–water partition coefficient (Wildman–Crippen LogP) is 2.51. The fourth-order valence-electron chi connectivity index (χ4n) is 2.55. The van der Waals surface area contributed by atoms with E-state index in [0.717, 1.165) is 25.7 Å². The van der Waals surface area contributed by atoms with Crippen molar-refractivity contribution in [3.05, 3.63) is 0 Å². The molecule has 4 N–H and O–H groups in total. The van der Waals surface area contributed by atoms with Crippen LogP contribution < -0.4 is 5.73 Å². The normalized spacial score (nSPS) is 24.6. The Morgan fingerprint density at radius 2 is 1.83 bits per heavy atom. The topological polar surface area (TPSA) is 90.4 Å². The van der Waals surface area contributed by atoms with Gasteiger partial charge in [-0.05, 0) is 52.4 Å². The number of amides is 1. The van der Waals surface area contributed by atoms with Crippen molar-refractivity contribution in [3.63, 3.8) is 0 Å². The first-order chi connectivity index (χ1) is 8.21. The molecule has 1 aliphatic rings. The number of nitrogens with zero attached hydrogens (tertiary/aromatic N) is 1. The Bertz CT molecular complexity index is 315.